The Labute approximate surface area is 189 Å². The van der Waals surface area contributed by atoms with Gasteiger partial charge < -0.3 is 36.2 Å². The molecular weight excluding hydrogens is 432 g/mol. The summed E-state index contributed by atoms with van der Waals surface area (Å²) in [6.45, 7) is 3.29. The van der Waals surface area contributed by atoms with Gasteiger partial charge >= 0.3 is 0 Å². The van der Waals surface area contributed by atoms with Crippen molar-refractivity contribution in [1.29, 1.82) is 0 Å². The van der Waals surface area contributed by atoms with Crippen LogP contribution in [0.15, 0.2) is 23.5 Å². The topological polar surface area (TPSA) is 182 Å². The molecule has 0 bridgehead atoms. The Kier molecular flexibility index (Phi) is 5.21. The number of Topliss-reactive ketones (excluding diaryl/α,β-unsaturated/α-hetero) is 2. The van der Waals surface area contributed by atoms with Crippen molar-refractivity contribution >= 4 is 17.5 Å². The van der Waals surface area contributed by atoms with Crippen molar-refractivity contribution in [3.05, 3.63) is 40.2 Å². The van der Waals surface area contributed by atoms with Crippen LogP contribution in [-0.4, -0.2) is 85.9 Å². The van der Waals surface area contributed by atoms with Crippen molar-refractivity contribution in [3.63, 3.8) is 0 Å². The quantitative estimate of drug-likeness (QED) is 0.306. The minimum Gasteiger partial charge on any atom is -0.508 e. The molecule has 3 aliphatic carbocycles. The molecule has 2 unspecified atom stereocenters. The Balaban J connectivity index is 2.03. The number of aromatic hydroxyl groups is 1. The van der Waals surface area contributed by atoms with Gasteiger partial charge in [0.25, 0.3) is 0 Å². The smallest absolute Gasteiger partial charge is 0.230 e. The van der Waals surface area contributed by atoms with Gasteiger partial charge in [0, 0.05) is 23.5 Å². The number of carbonyl (C=O) groups is 3. The molecule has 3 aliphatic rings. The molecule has 33 heavy (non-hydrogen) atoms. The number of nitrogens with two attached hydrogens (primary N) is 1. The van der Waals surface area contributed by atoms with Gasteiger partial charge in [-0.2, -0.15) is 0 Å². The lowest BCUT2D eigenvalue weighted by atomic mass is 9.53. The number of aliphatic hydroxyl groups excluding tert-OH is 3. The van der Waals surface area contributed by atoms with Gasteiger partial charge in [-0.3, -0.25) is 14.4 Å². The number of rotatable bonds is 2. The summed E-state index contributed by atoms with van der Waals surface area (Å²) in [7, 11) is 3.05. The Morgan fingerprint density at radius 2 is 1.73 bits per heavy atom. The molecule has 1 saturated carbocycles. The van der Waals surface area contributed by atoms with Gasteiger partial charge in [0.2, 0.25) is 5.91 Å². The molecule has 4 rings (SSSR count). The minimum absolute atomic E-state index is 0.0755. The van der Waals surface area contributed by atoms with E-state index >= 15 is 0 Å². The first kappa shape index (κ1) is 23.4. The zero-order valence-corrected chi connectivity index (χ0v) is 18.7. The molecule has 0 aromatic heterocycles. The van der Waals surface area contributed by atoms with Crippen molar-refractivity contribution in [3.8, 4) is 5.75 Å². The second-order valence-electron chi connectivity index (χ2n) is 9.57. The zero-order valence-electron chi connectivity index (χ0n) is 18.7. The monoisotopic (exact) mass is 460 g/mol. The number of aliphatic hydroxyl groups is 4. The van der Waals surface area contributed by atoms with Gasteiger partial charge in [0.05, 0.1) is 17.8 Å². The summed E-state index contributed by atoms with van der Waals surface area (Å²) < 4.78 is 0. The van der Waals surface area contributed by atoms with Crippen LogP contribution in [0.1, 0.15) is 34.3 Å². The number of ketones is 2. The molecule has 0 saturated heterocycles. The van der Waals surface area contributed by atoms with Crippen molar-refractivity contribution < 1.29 is 39.9 Å². The van der Waals surface area contributed by atoms with Crippen molar-refractivity contribution in [2.24, 2.45) is 23.5 Å². The summed E-state index contributed by atoms with van der Waals surface area (Å²) in [6, 6.07) is 2.13. The maximum atomic E-state index is 13.5. The lowest BCUT2D eigenvalue weighted by molar-refractivity contribution is -0.194. The number of benzene rings is 1. The second-order valence-corrected chi connectivity index (χ2v) is 9.57. The first-order valence-electron chi connectivity index (χ1n) is 10.7. The molecule has 1 aromatic rings. The average Bonchev–Trinajstić information content (AvgIpc) is 2.72. The molecule has 0 radical (unpaired) electrons. The standard InChI is InChI=1S/C23H28N2O8/c1-7-5-6-9-8(2)10-12(17(27)11(9)16(7)26)20(30)23(33)14(18(10)28)15(25(3)4)19(29)13(21(23)31)22(24)32/h5-6,8,10,13-15,18-19,26,28-30,33H,1-4H3,(H2,24,32)/t8-,10+,13?,14+,15-,18-,19?,23-/m0/s1. The molecule has 0 heterocycles. The third-order valence-electron chi connectivity index (χ3n) is 7.70. The van der Waals surface area contributed by atoms with E-state index in [9.17, 15) is 39.9 Å². The number of hydrogen-bond acceptors (Lipinski definition) is 9. The van der Waals surface area contributed by atoms with Crippen LogP contribution in [0, 0.1) is 24.7 Å². The highest BCUT2D eigenvalue weighted by Crippen LogP contribution is 2.55. The lowest BCUT2D eigenvalue weighted by Gasteiger charge is -2.56. The summed E-state index contributed by atoms with van der Waals surface area (Å²) in [5.74, 6) is -9.56. The van der Waals surface area contributed by atoms with Crippen LogP contribution in [0.5, 0.6) is 5.75 Å². The number of hydrogen-bond donors (Lipinski definition) is 6. The first-order chi connectivity index (χ1) is 15.3. The number of amides is 1. The molecule has 8 atom stereocenters. The Morgan fingerprint density at radius 3 is 2.27 bits per heavy atom. The van der Waals surface area contributed by atoms with Crippen LogP contribution >= 0.6 is 0 Å². The van der Waals surface area contributed by atoms with E-state index in [2.05, 4.69) is 0 Å². The van der Waals surface area contributed by atoms with Crippen LogP contribution in [-0.2, 0) is 9.59 Å². The van der Waals surface area contributed by atoms with E-state index in [4.69, 9.17) is 5.73 Å². The highest BCUT2D eigenvalue weighted by atomic mass is 16.4. The number of carbonyl (C=O) groups excluding carboxylic acids is 3. The Hall–Kier alpha value is -2.79. The maximum Gasteiger partial charge on any atom is 0.230 e. The average molecular weight is 460 g/mol. The summed E-state index contributed by atoms with van der Waals surface area (Å²) in [4.78, 5) is 40.3. The zero-order chi connectivity index (χ0) is 24.7. The van der Waals surface area contributed by atoms with Crippen LogP contribution in [0.2, 0.25) is 0 Å². The first-order valence-corrected chi connectivity index (χ1v) is 10.7. The molecule has 178 valence electrons. The summed E-state index contributed by atoms with van der Waals surface area (Å²) in [5.41, 5.74) is 2.90. The molecule has 10 nitrogen and oxygen atoms in total. The number of nitrogens with zero attached hydrogens (tertiary/aromatic N) is 1. The summed E-state index contributed by atoms with van der Waals surface area (Å²) in [5, 5.41) is 55.7. The Bertz CT molecular complexity index is 1110. The van der Waals surface area contributed by atoms with Gasteiger partial charge in [0.15, 0.2) is 17.2 Å². The van der Waals surface area contributed by atoms with Crippen LogP contribution in [0.3, 0.4) is 0 Å². The molecule has 7 N–H and O–H groups in total. The van der Waals surface area contributed by atoms with Gasteiger partial charge in [-0.1, -0.05) is 19.1 Å². The number of aryl methyl sites for hydroxylation is 1. The highest BCUT2D eigenvalue weighted by molar-refractivity contribution is 6.16. The van der Waals surface area contributed by atoms with E-state index in [1.165, 1.54) is 19.0 Å². The fourth-order valence-electron chi connectivity index (χ4n) is 6.08. The lowest BCUT2D eigenvalue weighted by Crippen LogP contribution is -2.74. The van der Waals surface area contributed by atoms with Gasteiger partial charge in [-0.25, -0.2) is 0 Å². The SMILES string of the molecule is Cc1ccc2c(c1O)C(=O)C1=C(O)[C@]3(O)C(=O)C(C(N)=O)C(O)[C@@H](N(C)C)[C@@H]3[C@@H](O)[C@@H]1[C@H]2C. The van der Waals surface area contributed by atoms with Crippen LogP contribution in [0.25, 0.3) is 0 Å². The van der Waals surface area contributed by atoms with Crippen molar-refractivity contribution in [1.82, 2.24) is 4.90 Å². The number of fused-ring (bicyclic) bond motifs is 3. The molecule has 1 amide bonds. The second kappa shape index (κ2) is 7.36. The number of phenolic OH excluding ortho intramolecular Hbond substituents is 1. The minimum atomic E-state index is -2.84. The maximum absolute atomic E-state index is 13.5. The largest absolute Gasteiger partial charge is 0.508 e. The van der Waals surface area contributed by atoms with Crippen LogP contribution < -0.4 is 5.73 Å². The molecular formula is C23H28N2O8. The molecule has 1 aromatic carbocycles. The van der Waals surface area contributed by atoms with E-state index < -0.39 is 76.3 Å². The van der Waals surface area contributed by atoms with E-state index in [1.807, 2.05) is 0 Å². The fraction of sp³-hybridized carbons (Fsp3) is 0.522. The van der Waals surface area contributed by atoms with Crippen molar-refractivity contribution in [2.45, 2.75) is 43.6 Å². The van der Waals surface area contributed by atoms with E-state index in [-0.39, 0.29) is 11.3 Å². The Morgan fingerprint density at radius 1 is 1.12 bits per heavy atom. The predicted octanol–water partition coefficient (Wildman–Crippen LogP) is -0.874. The third kappa shape index (κ3) is 2.78. The fourth-order valence-corrected chi connectivity index (χ4v) is 6.08. The van der Waals surface area contributed by atoms with Gasteiger partial charge in [-0.15, -0.1) is 0 Å². The van der Waals surface area contributed by atoms with Crippen molar-refractivity contribution in [2.75, 3.05) is 14.1 Å². The summed E-state index contributed by atoms with van der Waals surface area (Å²) in [6.07, 6.45) is -3.22. The number of likely N-dealkylation sites (N-methyl/N-ethyl adjacent to an activating group) is 1. The molecule has 10 heteroatoms. The predicted molar refractivity (Wildman–Crippen MR) is 114 cm³/mol. The van der Waals surface area contributed by atoms with Gasteiger partial charge in [-0.05, 0) is 38.1 Å². The van der Waals surface area contributed by atoms with Crippen LogP contribution in [0.4, 0.5) is 0 Å². The van der Waals surface area contributed by atoms with E-state index in [0.717, 1.165) is 0 Å². The molecule has 1 fully saturated rings. The normalized spacial score (nSPS) is 38.1. The molecule has 0 spiro atoms. The summed E-state index contributed by atoms with van der Waals surface area (Å²) >= 11 is 0. The molecule has 0 aliphatic heterocycles. The number of primary amides is 1. The van der Waals surface area contributed by atoms with Gasteiger partial charge in [0.1, 0.15) is 17.4 Å². The van der Waals surface area contributed by atoms with E-state index in [1.54, 1.807) is 26.0 Å². The highest BCUT2D eigenvalue weighted by Gasteiger charge is 2.69. The van der Waals surface area contributed by atoms with E-state index in [0.29, 0.717) is 11.1 Å². The number of phenols is 1. The third-order valence-corrected chi connectivity index (χ3v) is 7.70.